The van der Waals surface area contributed by atoms with Crippen molar-refractivity contribution < 1.29 is 14.3 Å². The first kappa shape index (κ1) is 27.0. The van der Waals surface area contributed by atoms with Crippen LogP contribution in [0.5, 0.6) is 11.5 Å². The number of fused-ring (bicyclic) bond motifs is 1. The van der Waals surface area contributed by atoms with Crippen LogP contribution in [-0.4, -0.2) is 20.1 Å². The number of ether oxygens (including phenoxy) is 2. The van der Waals surface area contributed by atoms with E-state index in [0.717, 1.165) is 22.5 Å². The Morgan fingerprint density at radius 3 is 1.90 bits per heavy atom. The Morgan fingerprint density at radius 2 is 1.38 bits per heavy atom. The SMILES string of the molecule is CC/C(Nc1ccc(C(N)(Cc2ccccc2)Cc2ccccc2)cc1)=C1/C(=O)Nc2cc(OC)c(OC)cc21. The highest BCUT2D eigenvalue weighted by Crippen LogP contribution is 2.42. The van der Waals surface area contributed by atoms with Gasteiger partial charge in [0.1, 0.15) is 0 Å². The summed E-state index contributed by atoms with van der Waals surface area (Å²) in [4.78, 5) is 13.0. The van der Waals surface area contributed by atoms with Gasteiger partial charge in [0.15, 0.2) is 11.5 Å². The number of nitrogens with one attached hydrogen (secondary N) is 2. The lowest BCUT2D eigenvalue weighted by Gasteiger charge is -2.31. The maximum absolute atomic E-state index is 13.0. The van der Waals surface area contributed by atoms with Crippen molar-refractivity contribution in [3.8, 4) is 11.5 Å². The first-order valence-corrected chi connectivity index (χ1v) is 13.5. The average Bonchev–Trinajstić information content (AvgIpc) is 3.30. The predicted molar refractivity (Wildman–Crippen MR) is 162 cm³/mol. The number of allylic oxidation sites excluding steroid dienone is 1. The van der Waals surface area contributed by atoms with Gasteiger partial charge in [-0.2, -0.15) is 0 Å². The molecule has 0 bridgehead atoms. The van der Waals surface area contributed by atoms with Gasteiger partial charge in [0.05, 0.1) is 25.5 Å². The van der Waals surface area contributed by atoms with Crippen LogP contribution in [0.4, 0.5) is 11.4 Å². The molecule has 204 valence electrons. The zero-order chi connectivity index (χ0) is 28.1. The minimum Gasteiger partial charge on any atom is -0.493 e. The second kappa shape index (κ2) is 11.7. The van der Waals surface area contributed by atoms with Crippen LogP contribution in [-0.2, 0) is 23.2 Å². The number of benzene rings is 4. The van der Waals surface area contributed by atoms with Crippen LogP contribution >= 0.6 is 0 Å². The zero-order valence-electron chi connectivity index (χ0n) is 23.2. The van der Waals surface area contributed by atoms with Gasteiger partial charge in [-0.15, -0.1) is 0 Å². The molecule has 1 aliphatic rings. The summed E-state index contributed by atoms with van der Waals surface area (Å²) in [6, 6.07) is 32.6. The molecule has 4 N–H and O–H groups in total. The van der Waals surface area contributed by atoms with Gasteiger partial charge in [0, 0.05) is 28.6 Å². The first-order valence-electron chi connectivity index (χ1n) is 13.5. The van der Waals surface area contributed by atoms with E-state index in [4.69, 9.17) is 15.2 Å². The van der Waals surface area contributed by atoms with Crippen LogP contribution in [0.1, 0.15) is 35.6 Å². The molecule has 0 fully saturated rings. The number of carbonyl (C=O) groups excluding carboxylic acids is 1. The van der Waals surface area contributed by atoms with E-state index >= 15 is 0 Å². The molecule has 0 radical (unpaired) electrons. The maximum atomic E-state index is 13.0. The smallest absolute Gasteiger partial charge is 0.258 e. The van der Waals surface area contributed by atoms with Crippen molar-refractivity contribution in [1.29, 1.82) is 0 Å². The van der Waals surface area contributed by atoms with E-state index in [9.17, 15) is 4.79 Å². The fourth-order valence-corrected chi connectivity index (χ4v) is 5.37. The van der Waals surface area contributed by atoms with Crippen molar-refractivity contribution in [3.63, 3.8) is 0 Å². The van der Waals surface area contributed by atoms with Crippen molar-refractivity contribution >= 4 is 22.9 Å². The number of carbonyl (C=O) groups is 1. The molecule has 0 unspecified atom stereocenters. The second-order valence-electron chi connectivity index (χ2n) is 10.1. The number of nitrogens with two attached hydrogens (primary N) is 1. The van der Waals surface area contributed by atoms with E-state index in [-0.39, 0.29) is 5.91 Å². The predicted octanol–water partition coefficient (Wildman–Crippen LogP) is 6.53. The Kier molecular flexibility index (Phi) is 7.89. The molecule has 0 atom stereocenters. The number of anilines is 2. The third-order valence-corrected chi connectivity index (χ3v) is 7.40. The van der Waals surface area contributed by atoms with Gasteiger partial charge in [-0.3, -0.25) is 4.79 Å². The summed E-state index contributed by atoms with van der Waals surface area (Å²) < 4.78 is 10.9. The standard InChI is InChI=1S/C34H35N3O3/c1-4-28(32-27-19-30(39-2)31(40-3)20-29(27)37-33(32)38)36-26-17-15-25(16-18-26)34(35,21-23-11-7-5-8-12-23)22-24-13-9-6-10-14-24/h5-20,36H,4,21-22,35H2,1-3H3,(H,37,38)/b32-28-. The third kappa shape index (κ3) is 5.58. The molecule has 0 aliphatic carbocycles. The first-order chi connectivity index (χ1) is 19.4. The normalized spacial score (nSPS) is 13.8. The van der Waals surface area contributed by atoms with E-state index in [1.54, 1.807) is 20.3 Å². The monoisotopic (exact) mass is 533 g/mol. The van der Waals surface area contributed by atoms with E-state index in [0.29, 0.717) is 42.0 Å². The summed E-state index contributed by atoms with van der Waals surface area (Å²) in [5.74, 6) is 0.991. The van der Waals surface area contributed by atoms with Gasteiger partial charge in [0.25, 0.3) is 5.91 Å². The van der Waals surface area contributed by atoms with Gasteiger partial charge >= 0.3 is 0 Å². The highest BCUT2D eigenvalue weighted by atomic mass is 16.5. The minimum absolute atomic E-state index is 0.155. The van der Waals surface area contributed by atoms with Gasteiger partial charge in [-0.05, 0) is 54.2 Å². The molecule has 6 nitrogen and oxygen atoms in total. The second-order valence-corrected chi connectivity index (χ2v) is 10.1. The molecule has 5 rings (SSSR count). The molecule has 1 aliphatic heterocycles. The number of rotatable bonds is 10. The van der Waals surface area contributed by atoms with Crippen LogP contribution < -0.4 is 25.8 Å². The Balaban J connectivity index is 1.45. The van der Waals surface area contributed by atoms with E-state index in [2.05, 4.69) is 47.0 Å². The summed E-state index contributed by atoms with van der Waals surface area (Å²) in [5.41, 5.74) is 13.8. The van der Waals surface area contributed by atoms with Crippen LogP contribution in [0.2, 0.25) is 0 Å². The third-order valence-electron chi connectivity index (χ3n) is 7.40. The molecule has 0 saturated heterocycles. The maximum Gasteiger partial charge on any atom is 0.258 e. The minimum atomic E-state index is -0.590. The quantitative estimate of drug-likeness (QED) is 0.202. The van der Waals surface area contributed by atoms with Gasteiger partial charge < -0.3 is 25.8 Å². The molecule has 4 aromatic carbocycles. The highest BCUT2D eigenvalue weighted by Gasteiger charge is 2.30. The van der Waals surface area contributed by atoms with Crippen LogP contribution in [0.15, 0.2) is 103 Å². The summed E-state index contributed by atoms with van der Waals surface area (Å²) in [6.45, 7) is 2.03. The van der Waals surface area contributed by atoms with Crippen LogP contribution in [0.25, 0.3) is 5.57 Å². The van der Waals surface area contributed by atoms with E-state index in [1.165, 1.54) is 11.1 Å². The molecule has 6 heteroatoms. The Labute approximate surface area is 235 Å². The molecular weight excluding hydrogens is 498 g/mol. The Hall–Kier alpha value is -4.55. The van der Waals surface area contributed by atoms with Crippen molar-refractivity contribution in [3.05, 3.63) is 125 Å². The van der Waals surface area contributed by atoms with Gasteiger partial charge in [0.2, 0.25) is 0 Å². The van der Waals surface area contributed by atoms with Crippen molar-refractivity contribution in [2.75, 3.05) is 24.9 Å². The van der Waals surface area contributed by atoms with Crippen LogP contribution in [0.3, 0.4) is 0 Å². The fraction of sp³-hybridized carbons (Fsp3) is 0.206. The van der Waals surface area contributed by atoms with Crippen LogP contribution in [0, 0.1) is 0 Å². The molecule has 0 saturated carbocycles. The molecule has 0 aromatic heterocycles. The fourth-order valence-electron chi connectivity index (χ4n) is 5.37. The van der Waals surface area contributed by atoms with E-state index in [1.807, 2.05) is 61.5 Å². The summed E-state index contributed by atoms with van der Waals surface area (Å²) in [7, 11) is 3.17. The van der Waals surface area contributed by atoms with Crippen molar-refractivity contribution in [2.24, 2.45) is 5.73 Å². The van der Waals surface area contributed by atoms with Gasteiger partial charge in [-0.1, -0.05) is 79.7 Å². The summed E-state index contributed by atoms with van der Waals surface area (Å²) in [6.07, 6.45) is 2.06. The number of hydrogen-bond donors (Lipinski definition) is 3. The molecule has 40 heavy (non-hydrogen) atoms. The largest absolute Gasteiger partial charge is 0.493 e. The number of methoxy groups -OCH3 is 2. The highest BCUT2D eigenvalue weighted by molar-refractivity contribution is 6.32. The summed E-state index contributed by atoms with van der Waals surface area (Å²) >= 11 is 0. The lowest BCUT2D eigenvalue weighted by molar-refractivity contribution is -0.110. The Bertz CT molecular complexity index is 1470. The topological polar surface area (TPSA) is 85.6 Å². The average molecular weight is 534 g/mol. The van der Waals surface area contributed by atoms with Crippen molar-refractivity contribution in [2.45, 2.75) is 31.7 Å². The number of amides is 1. The zero-order valence-corrected chi connectivity index (χ0v) is 23.2. The number of hydrogen-bond acceptors (Lipinski definition) is 5. The lowest BCUT2D eigenvalue weighted by atomic mass is 9.80. The molecule has 0 spiro atoms. The summed E-state index contributed by atoms with van der Waals surface area (Å²) in [5, 5.41) is 6.45. The van der Waals surface area contributed by atoms with Gasteiger partial charge in [-0.25, -0.2) is 0 Å². The van der Waals surface area contributed by atoms with Crippen molar-refractivity contribution in [1.82, 2.24) is 0 Å². The molecule has 4 aromatic rings. The molecular formula is C34H35N3O3. The molecule has 1 heterocycles. The Morgan fingerprint density at radius 1 is 0.825 bits per heavy atom. The van der Waals surface area contributed by atoms with E-state index < -0.39 is 5.54 Å². The molecule has 1 amide bonds. The lowest BCUT2D eigenvalue weighted by Crippen LogP contribution is -2.41.